The Morgan fingerprint density at radius 2 is 1.85 bits per heavy atom. The Morgan fingerprint density at radius 1 is 1.08 bits per heavy atom. The summed E-state index contributed by atoms with van der Waals surface area (Å²) in [6.45, 7) is 3.71. The predicted molar refractivity (Wildman–Crippen MR) is 95.5 cm³/mol. The molecule has 5 nitrogen and oxygen atoms in total. The number of hydrogen-bond donors (Lipinski definition) is 1. The number of fused-ring (bicyclic) bond motifs is 1. The normalized spacial score (nSPS) is 11.0. The number of carbonyl (C=O) groups is 1. The molecule has 0 radical (unpaired) electrons. The minimum atomic E-state index is -0.481. The summed E-state index contributed by atoms with van der Waals surface area (Å²) in [5.41, 5.74) is 3.66. The molecule has 26 heavy (non-hydrogen) atoms. The first kappa shape index (κ1) is 16.1. The SMILES string of the molecule is Cc1ccc(-c2cc(NC(=O)c3oc4ccc(F)cc4c3C)on2)cc1. The van der Waals surface area contributed by atoms with Crippen molar-refractivity contribution in [3.63, 3.8) is 0 Å². The van der Waals surface area contributed by atoms with Crippen LogP contribution in [0.4, 0.5) is 10.3 Å². The highest BCUT2D eigenvalue weighted by atomic mass is 19.1. The fourth-order valence-corrected chi connectivity index (χ4v) is 2.77. The lowest BCUT2D eigenvalue weighted by molar-refractivity contribution is 0.0994. The van der Waals surface area contributed by atoms with E-state index in [1.165, 1.54) is 18.2 Å². The molecule has 1 N–H and O–H groups in total. The molecule has 2 aromatic heterocycles. The quantitative estimate of drug-likeness (QED) is 0.558. The summed E-state index contributed by atoms with van der Waals surface area (Å²) in [7, 11) is 0. The predicted octanol–water partition coefficient (Wildman–Crippen LogP) is 5.10. The molecule has 6 heteroatoms. The molecule has 1 amide bonds. The molecular formula is C20H15FN2O3. The topological polar surface area (TPSA) is 68.3 Å². The summed E-state index contributed by atoms with van der Waals surface area (Å²) >= 11 is 0. The molecule has 0 bridgehead atoms. The molecule has 0 aliphatic heterocycles. The number of halogens is 1. The van der Waals surface area contributed by atoms with E-state index >= 15 is 0 Å². The van der Waals surface area contributed by atoms with Crippen molar-refractivity contribution in [3.8, 4) is 11.3 Å². The van der Waals surface area contributed by atoms with Crippen LogP contribution in [0.25, 0.3) is 22.2 Å². The molecule has 2 aromatic carbocycles. The molecule has 0 fully saturated rings. The number of anilines is 1. The number of nitrogens with zero attached hydrogens (tertiary/aromatic N) is 1. The van der Waals surface area contributed by atoms with Crippen molar-refractivity contribution in [3.05, 3.63) is 71.2 Å². The number of aromatic nitrogens is 1. The van der Waals surface area contributed by atoms with E-state index in [1.807, 2.05) is 31.2 Å². The molecular weight excluding hydrogens is 335 g/mol. The van der Waals surface area contributed by atoms with Gasteiger partial charge in [-0.3, -0.25) is 10.1 Å². The second-order valence-electron chi connectivity index (χ2n) is 6.09. The molecule has 0 aliphatic rings. The van der Waals surface area contributed by atoms with Crippen molar-refractivity contribution < 1.29 is 18.1 Å². The first-order chi connectivity index (χ1) is 12.5. The van der Waals surface area contributed by atoms with Gasteiger partial charge in [-0.05, 0) is 32.0 Å². The average Bonchev–Trinajstić information content (AvgIpc) is 3.21. The maximum Gasteiger partial charge on any atom is 0.294 e. The van der Waals surface area contributed by atoms with Crippen LogP contribution in [-0.2, 0) is 0 Å². The van der Waals surface area contributed by atoms with Crippen molar-refractivity contribution in [1.29, 1.82) is 0 Å². The van der Waals surface area contributed by atoms with E-state index in [9.17, 15) is 9.18 Å². The molecule has 4 rings (SSSR count). The summed E-state index contributed by atoms with van der Waals surface area (Å²) in [6, 6.07) is 13.6. The molecule has 0 spiro atoms. The van der Waals surface area contributed by atoms with E-state index in [0.717, 1.165) is 11.1 Å². The maximum absolute atomic E-state index is 13.4. The first-order valence-electron chi connectivity index (χ1n) is 8.05. The molecule has 0 saturated carbocycles. The van der Waals surface area contributed by atoms with E-state index in [-0.39, 0.29) is 17.5 Å². The van der Waals surface area contributed by atoms with Crippen molar-refractivity contribution in [2.75, 3.05) is 5.32 Å². The minimum absolute atomic E-state index is 0.110. The van der Waals surface area contributed by atoms with Crippen LogP contribution < -0.4 is 5.32 Å². The fraction of sp³-hybridized carbons (Fsp3) is 0.100. The van der Waals surface area contributed by atoms with Gasteiger partial charge < -0.3 is 8.94 Å². The third-order valence-corrected chi connectivity index (χ3v) is 4.20. The van der Waals surface area contributed by atoms with E-state index < -0.39 is 5.91 Å². The Morgan fingerprint density at radius 3 is 2.62 bits per heavy atom. The number of hydrogen-bond acceptors (Lipinski definition) is 4. The molecule has 0 saturated heterocycles. The van der Waals surface area contributed by atoms with Crippen LogP contribution >= 0.6 is 0 Å². The molecule has 0 aliphatic carbocycles. The highest BCUT2D eigenvalue weighted by molar-refractivity contribution is 6.06. The second kappa shape index (κ2) is 6.15. The van der Waals surface area contributed by atoms with Gasteiger partial charge in [-0.15, -0.1) is 0 Å². The average molecular weight is 350 g/mol. The molecule has 4 aromatic rings. The Kier molecular flexibility index (Phi) is 3.80. The minimum Gasteiger partial charge on any atom is -0.451 e. The van der Waals surface area contributed by atoms with Crippen LogP contribution in [0.2, 0.25) is 0 Å². The molecule has 2 heterocycles. The summed E-state index contributed by atoms with van der Waals surface area (Å²) < 4.78 is 24.1. The van der Waals surface area contributed by atoms with Crippen molar-refractivity contribution in [2.45, 2.75) is 13.8 Å². The summed E-state index contributed by atoms with van der Waals surface area (Å²) in [6.07, 6.45) is 0. The van der Waals surface area contributed by atoms with Gasteiger partial charge in [0.2, 0.25) is 5.88 Å². The lowest BCUT2D eigenvalue weighted by Crippen LogP contribution is -2.11. The number of aryl methyl sites for hydroxylation is 2. The number of benzene rings is 2. The summed E-state index contributed by atoms with van der Waals surface area (Å²) in [5.74, 6) is -0.549. The Bertz CT molecular complexity index is 1110. The Balaban J connectivity index is 1.59. The van der Waals surface area contributed by atoms with Crippen LogP contribution in [0.1, 0.15) is 21.7 Å². The van der Waals surface area contributed by atoms with Gasteiger partial charge in [-0.1, -0.05) is 35.0 Å². The van der Waals surface area contributed by atoms with Gasteiger partial charge in [0, 0.05) is 22.6 Å². The van der Waals surface area contributed by atoms with Crippen LogP contribution in [-0.4, -0.2) is 11.1 Å². The van der Waals surface area contributed by atoms with Crippen molar-refractivity contribution >= 4 is 22.8 Å². The number of rotatable bonds is 3. The van der Waals surface area contributed by atoms with Gasteiger partial charge in [0.05, 0.1) is 0 Å². The number of nitrogens with one attached hydrogen (secondary N) is 1. The third-order valence-electron chi connectivity index (χ3n) is 4.20. The lowest BCUT2D eigenvalue weighted by Gasteiger charge is -1.98. The molecule has 0 unspecified atom stereocenters. The summed E-state index contributed by atoms with van der Waals surface area (Å²) in [4.78, 5) is 12.5. The molecule has 0 atom stereocenters. The number of carbonyl (C=O) groups excluding carboxylic acids is 1. The lowest BCUT2D eigenvalue weighted by atomic mass is 10.1. The largest absolute Gasteiger partial charge is 0.451 e. The number of amides is 1. The van der Waals surface area contributed by atoms with Gasteiger partial charge in [0.1, 0.15) is 17.1 Å². The fourth-order valence-electron chi connectivity index (χ4n) is 2.77. The standard InChI is InChI=1S/C20H15FN2O3/c1-11-3-5-13(6-4-11)16-10-18(26-23-16)22-20(24)19-12(2)15-9-14(21)7-8-17(15)25-19/h3-10H,1-2H3,(H,22,24). The van der Waals surface area contributed by atoms with E-state index in [0.29, 0.717) is 22.2 Å². The van der Waals surface area contributed by atoms with E-state index in [4.69, 9.17) is 8.94 Å². The number of furan rings is 1. The van der Waals surface area contributed by atoms with Crippen molar-refractivity contribution in [2.24, 2.45) is 0 Å². The van der Waals surface area contributed by atoms with Crippen LogP contribution in [0.3, 0.4) is 0 Å². The maximum atomic E-state index is 13.4. The molecule has 130 valence electrons. The Labute approximate surface area is 148 Å². The highest BCUT2D eigenvalue weighted by Crippen LogP contribution is 2.27. The van der Waals surface area contributed by atoms with Crippen LogP contribution in [0.15, 0.2) is 57.5 Å². The smallest absolute Gasteiger partial charge is 0.294 e. The first-order valence-corrected chi connectivity index (χ1v) is 8.05. The van der Waals surface area contributed by atoms with Gasteiger partial charge in [0.15, 0.2) is 5.76 Å². The van der Waals surface area contributed by atoms with Crippen molar-refractivity contribution in [1.82, 2.24) is 5.16 Å². The zero-order valence-corrected chi connectivity index (χ0v) is 14.2. The van der Waals surface area contributed by atoms with Gasteiger partial charge in [-0.2, -0.15) is 0 Å². The van der Waals surface area contributed by atoms with Crippen LogP contribution in [0, 0.1) is 19.7 Å². The van der Waals surface area contributed by atoms with Gasteiger partial charge in [-0.25, -0.2) is 4.39 Å². The van der Waals surface area contributed by atoms with Crippen LogP contribution in [0.5, 0.6) is 0 Å². The zero-order chi connectivity index (χ0) is 18.3. The van der Waals surface area contributed by atoms with Gasteiger partial charge >= 0.3 is 0 Å². The third kappa shape index (κ3) is 2.86. The second-order valence-corrected chi connectivity index (χ2v) is 6.09. The summed E-state index contributed by atoms with van der Waals surface area (Å²) in [5, 5.41) is 7.15. The Hall–Kier alpha value is -3.41. The monoisotopic (exact) mass is 350 g/mol. The van der Waals surface area contributed by atoms with Gasteiger partial charge in [0.25, 0.3) is 5.91 Å². The highest BCUT2D eigenvalue weighted by Gasteiger charge is 2.20. The van der Waals surface area contributed by atoms with E-state index in [2.05, 4.69) is 10.5 Å². The van der Waals surface area contributed by atoms with E-state index in [1.54, 1.807) is 13.0 Å². The zero-order valence-electron chi connectivity index (χ0n) is 14.2.